The van der Waals surface area contributed by atoms with Crippen molar-refractivity contribution in [2.24, 2.45) is 0 Å². The van der Waals surface area contributed by atoms with E-state index in [1.807, 2.05) is 20.0 Å². The normalized spacial score (nSPS) is 22.3. The van der Waals surface area contributed by atoms with Crippen LogP contribution in [-0.2, 0) is 28.2 Å². The minimum atomic E-state index is -0.492. The highest BCUT2D eigenvalue weighted by Crippen LogP contribution is 2.40. The Morgan fingerprint density at radius 1 is 1.38 bits per heavy atom. The average molecular weight is 359 g/mol. The van der Waals surface area contributed by atoms with E-state index in [9.17, 15) is 4.79 Å². The second kappa shape index (κ2) is 6.51. The number of fused-ring (bicyclic) bond motifs is 2. The summed E-state index contributed by atoms with van der Waals surface area (Å²) in [5.41, 5.74) is 1.62. The maximum atomic E-state index is 12.2. The van der Waals surface area contributed by atoms with Gasteiger partial charge < -0.3 is 19.1 Å². The molecule has 1 fully saturated rings. The fourth-order valence-corrected chi connectivity index (χ4v) is 4.06. The van der Waals surface area contributed by atoms with E-state index in [1.54, 1.807) is 13.2 Å². The van der Waals surface area contributed by atoms with Crippen LogP contribution in [0.2, 0.25) is 0 Å². The van der Waals surface area contributed by atoms with Crippen LogP contribution >= 0.6 is 0 Å². The third kappa shape index (κ3) is 2.83. The van der Waals surface area contributed by atoms with Gasteiger partial charge in [-0.2, -0.15) is 0 Å². The van der Waals surface area contributed by atoms with Crippen molar-refractivity contribution in [3.63, 3.8) is 0 Å². The van der Waals surface area contributed by atoms with E-state index in [4.69, 9.17) is 9.26 Å². The molecular weight excluding hydrogens is 334 g/mol. The van der Waals surface area contributed by atoms with E-state index in [-0.39, 0.29) is 5.91 Å². The smallest absolute Gasteiger partial charge is 0.250 e. The first-order chi connectivity index (χ1) is 12.5. The molecule has 0 aliphatic carbocycles. The van der Waals surface area contributed by atoms with Gasteiger partial charge in [-0.05, 0) is 26.7 Å². The van der Waals surface area contributed by atoms with Gasteiger partial charge in [0, 0.05) is 44.6 Å². The van der Waals surface area contributed by atoms with Crippen LogP contribution in [0.25, 0.3) is 0 Å². The zero-order valence-corrected chi connectivity index (χ0v) is 15.5. The lowest BCUT2D eigenvalue weighted by molar-refractivity contribution is -0.173. The number of nitrogens with one attached hydrogen (secondary N) is 1. The molecule has 2 aliphatic heterocycles. The molecule has 2 aromatic rings. The lowest BCUT2D eigenvalue weighted by Crippen LogP contribution is -2.53. The van der Waals surface area contributed by atoms with Gasteiger partial charge in [-0.3, -0.25) is 9.69 Å². The number of carbonyl (C=O) groups excluding carboxylic acids is 1. The predicted molar refractivity (Wildman–Crippen MR) is 93.3 cm³/mol. The van der Waals surface area contributed by atoms with E-state index >= 15 is 0 Å². The standard InChI is InChI=1S/C18H25N5O3/c1-12-14(13(2)26-21-12)10-22-7-4-18(5-8-22)17-20-6-9-23(17)11-15(25-18)16(24)19-3/h6,9,15H,4-5,7-8,10-11H2,1-3H3,(H,19,24)/t15-/m0/s1. The Labute approximate surface area is 152 Å². The van der Waals surface area contributed by atoms with E-state index in [0.29, 0.717) is 6.54 Å². The number of aryl methyl sites for hydroxylation is 2. The molecule has 8 nitrogen and oxygen atoms in total. The molecule has 0 unspecified atom stereocenters. The van der Waals surface area contributed by atoms with Crippen molar-refractivity contribution in [2.75, 3.05) is 20.1 Å². The van der Waals surface area contributed by atoms with Gasteiger partial charge in [-0.1, -0.05) is 5.16 Å². The van der Waals surface area contributed by atoms with Crippen molar-refractivity contribution < 1.29 is 14.1 Å². The van der Waals surface area contributed by atoms with Crippen LogP contribution in [0.15, 0.2) is 16.9 Å². The number of nitrogens with zero attached hydrogens (tertiary/aromatic N) is 4. The molecule has 1 N–H and O–H groups in total. The van der Waals surface area contributed by atoms with Crippen LogP contribution in [0.1, 0.15) is 35.7 Å². The number of ether oxygens (including phenoxy) is 1. The van der Waals surface area contributed by atoms with Gasteiger partial charge in [0.2, 0.25) is 0 Å². The number of rotatable bonds is 3. The highest BCUT2D eigenvalue weighted by Gasteiger charge is 2.47. The number of piperidine rings is 1. The van der Waals surface area contributed by atoms with Crippen molar-refractivity contribution in [1.82, 2.24) is 24.9 Å². The summed E-state index contributed by atoms with van der Waals surface area (Å²) in [7, 11) is 1.65. The van der Waals surface area contributed by atoms with Gasteiger partial charge in [-0.25, -0.2) is 4.98 Å². The number of amides is 1. The third-order valence-corrected chi connectivity index (χ3v) is 5.62. The van der Waals surface area contributed by atoms with Gasteiger partial charge in [0.1, 0.15) is 17.2 Å². The molecule has 1 amide bonds. The highest BCUT2D eigenvalue weighted by atomic mass is 16.5. The molecule has 8 heteroatoms. The van der Waals surface area contributed by atoms with E-state index in [0.717, 1.165) is 55.3 Å². The highest BCUT2D eigenvalue weighted by molar-refractivity contribution is 5.80. The van der Waals surface area contributed by atoms with Crippen LogP contribution in [0, 0.1) is 13.8 Å². The molecular formula is C18H25N5O3. The summed E-state index contributed by atoms with van der Waals surface area (Å²) in [5, 5.41) is 6.75. The minimum Gasteiger partial charge on any atom is -0.361 e. The summed E-state index contributed by atoms with van der Waals surface area (Å²) >= 11 is 0. The molecule has 1 saturated heterocycles. The average Bonchev–Trinajstić information content (AvgIpc) is 3.25. The Bertz CT molecular complexity index is 784. The molecule has 2 aliphatic rings. The first-order valence-corrected chi connectivity index (χ1v) is 9.07. The summed E-state index contributed by atoms with van der Waals surface area (Å²) in [6, 6.07) is 0. The van der Waals surface area contributed by atoms with Crippen molar-refractivity contribution in [2.45, 2.75) is 51.5 Å². The number of likely N-dealkylation sites (tertiary alicyclic amines) is 1. The zero-order chi connectivity index (χ0) is 18.3. The van der Waals surface area contributed by atoms with Crippen LogP contribution < -0.4 is 5.32 Å². The van der Waals surface area contributed by atoms with Crippen LogP contribution in [0.3, 0.4) is 0 Å². The summed E-state index contributed by atoms with van der Waals surface area (Å²) in [6.07, 6.45) is 4.87. The fraction of sp³-hybridized carbons (Fsp3) is 0.611. The first kappa shape index (κ1) is 17.2. The molecule has 1 spiro atoms. The maximum Gasteiger partial charge on any atom is 0.250 e. The van der Waals surface area contributed by atoms with Gasteiger partial charge in [-0.15, -0.1) is 0 Å². The molecule has 140 valence electrons. The van der Waals surface area contributed by atoms with Crippen LogP contribution in [0.5, 0.6) is 0 Å². The van der Waals surface area contributed by atoms with Crippen LogP contribution in [0.4, 0.5) is 0 Å². The van der Waals surface area contributed by atoms with E-state index in [1.165, 1.54) is 0 Å². The number of aromatic nitrogens is 3. The van der Waals surface area contributed by atoms with Crippen molar-refractivity contribution in [1.29, 1.82) is 0 Å². The number of hydrogen-bond donors (Lipinski definition) is 1. The quantitative estimate of drug-likeness (QED) is 0.884. The van der Waals surface area contributed by atoms with Crippen molar-refractivity contribution in [3.05, 3.63) is 35.2 Å². The molecule has 4 rings (SSSR count). The fourth-order valence-electron chi connectivity index (χ4n) is 4.06. The largest absolute Gasteiger partial charge is 0.361 e. The molecule has 2 aromatic heterocycles. The Morgan fingerprint density at radius 2 is 2.15 bits per heavy atom. The molecule has 0 radical (unpaired) electrons. The van der Waals surface area contributed by atoms with E-state index < -0.39 is 11.7 Å². The number of likely N-dealkylation sites (N-methyl/N-ethyl adjacent to an activating group) is 1. The first-order valence-electron chi connectivity index (χ1n) is 9.07. The van der Waals surface area contributed by atoms with Crippen molar-refractivity contribution >= 4 is 5.91 Å². The molecule has 0 bridgehead atoms. The summed E-state index contributed by atoms with van der Waals surface area (Å²) in [6.45, 7) is 7.01. The third-order valence-electron chi connectivity index (χ3n) is 5.62. The topological polar surface area (TPSA) is 85.4 Å². The van der Waals surface area contributed by atoms with Crippen molar-refractivity contribution in [3.8, 4) is 0 Å². The monoisotopic (exact) mass is 359 g/mol. The lowest BCUT2D eigenvalue weighted by atomic mass is 9.88. The Hall–Kier alpha value is -2.19. The Balaban J connectivity index is 1.51. The predicted octanol–water partition coefficient (Wildman–Crippen LogP) is 1.12. The number of hydrogen-bond acceptors (Lipinski definition) is 6. The lowest BCUT2D eigenvalue weighted by Gasteiger charge is -2.45. The zero-order valence-electron chi connectivity index (χ0n) is 15.5. The SMILES string of the molecule is CNC(=O)[C@@H]1Cn2ccnc2C2(CCN(Cc3c(C)noc3C)CC2)O1. The van der Waals surface area contributed by atoms with Gasteiger partial charge in [0.25, 0.3) is 5.91 Å². The molecule has 0 saturated carbocycles. The Morgan fingerprint density at radius 3 is 2.81 bits per heavy atom. The second-order valence-corrected chi connectivity index (χ2v) is 7.20. The second-order valence-electron chi connectivity index (χ2n) is 7.20. The van der Waals surface area contributed by atoms with Gasteiger partial charge in [0.15, 0.2) is 6.10 Å². The van der Waals surface area contributed by atoms with Gasteiger partial charge in [0.05, 0.1) is 12.2 Å². The molecule has 1 atom stereocenters. The molecule has 4 heterocycles. The van der Waals surface area contributed by atoms with E-state index in [2.05, 4.69) is 24.9 Å². The summed E-state index contributed by atoms with van der Waals surface area (Å²) in [5.74, 6) is 1.74. The number of imidazole rings is 1. The Kier molecular flexibility index (Phi) is 4.32. The molecule has 0 aromatic carbocycles. The minimum absolute atomic E-state index is 0.0816. The van der Waals surface area contributed by atoms with Gasteiger partial charge >= 0.3 is 0 Å². The summed E-state index contributed by atoms with van der Waals surface area (Å²) < 4.78 is 13.7. The van der Waals surface area contributed by atoms with Crippen LogP contribution in [-0.4, -0.2) is 51.8 Å². The molecule has 26 heavy (non-hydrogen) atoms. The number of carbonyl (C=O) groups is 1. The maximum absolute atomic E-state index is 12.2. The summed E-state index contributed by atoms with van der Waals surface area (Å²) in [4.78, 5) is 19.1.